The zero-order chi connectivity index (χ0) is 16.7. The van der Waals surface area contributed by atoms with E-state index in [1.165, 1.54) is 5.56 Å². The Hall–Kier alpha value is -1.14. The Kier molecular flexibility index (Phi) is 8.70. The number of rotatable bonds is 7. The van der Waals surface area contributed by atoms with Gasteiger partial charge in [0, 0.05) is 25.3 Å². The summed E-state index contributed by atoms with van der Waals surface area (Å²) in [5.41, 5.74) is 7.32. The van der Waals surface area contributed by atoms with Crippen LogP contribution < -0.4 is 11.1 Å². The number of nitrogens with one attached hydrogen (secondary N) is 1. The van der Waals surface area contributed by atoms with E-state index in [9.17, 15) is 4.79 Å². The molecule has 2 rings (SSSR count). The number of carbonyl (C=O) groups excluding carboxylic acids is 1. The number of hydrogen-bond acceptors (Lipinski definition) is 4. The third-order valence-electron chi connectivity index (χ3n) is 4.32. The lowest BCUT2D eigenvalue weighted by atomic mass is 9.96. The molecular weight excluding hydrogens is 326 g/mol. The van der Waals surface area contributed by atoms with E-state index in [-0.39, 0.29) is 18.3 Å². The molecule has 1 amide bonds. The lowest BCUT2D eigenvalue weighted by molar-refractivity contribution is -0.120. The summed E-state index contributed by atoms with van der Waals surface area (Å²) in [6, 6.07) is 8.05. The van der Waals surface area contributed by atoms with Gasteiger partial charge in [0.15, 0.2) is 0 Å². The van der Waals surface area contributed by atoms with Crippen molar-refractivity contribution in [3.05, 3.63) is 29.8 Å². The highest BCUT2D eigenvalue weighted by atomic mass is 35.5. The highest BCUT2D eigenvalue weighted by Crippen LogP contribution is 2.15. The maximum Gasteiger partial charge on any atom is 0.244 e. The van der Waals surface area contributed by atoms with Crippen molar-refractivity contribution in [3.8, 4) is 0 Å². The van der Waals surface area contributed by atoms with Gasteiger partial charge in [-0.05, 0) is 37.5 Å². The van der Waals surface area contributed by atoms with E-state index >= 15 is 0 Å². The number of benzene rings is 1. The average molecular weight is 356 g/mol. The Morgan fingerprint density at radius 2 is 1.92 bits per heavy atom. The van der Waals surface area contributed by atoms with Gasteiger partial charge in [0.05, 0.1) is 18.8 Å². The van der Waals surface area contributed by atoms with E-state index in [1.807, 2.05) is 19.1 Å². The molecule has 1 unspecified atom stereocenters. The summed E-state index contributed by atoms with van der Waals surface area (Å²) in [5.74, 6) is -0.125. The van der Waals surface area contributed by atoms with Gasteiger partial charge in [-0.2, -0.15) is 0 Å². The minimum absolute atomic E-state index is 0. The van der Waals surface area contributed by atoms with Crippen LogP contribution in [0.4, 0.5) is 5.69 Å². The Morgan fingerprint density at radius 1 is 1.29 bits per heavy atom. The molecule has 0 spiro atoms. The molecule has 0 aliphatic carbocycles. The van der Waals surface area contributed by atoms with Crippen LogP contribution in [0.5, 0.6) is 0 Å². The lowest BCUT2D eigenvalue weighted by Gasteiger charge is -2.26. The third kappa shape index (κ3) is 6.40. The Morgan fingerprint density at radius 3 is 2.50 bits per heavy atom. The van der Waals surface area contributed by atoms with Gasteiger partial charge < -0.3 is 15.8 Å². The number of morpholine rings is 1. The van der Waals surface area contributed by atoms with Crippen molar-refractivity contribution < 1.29 is 9.53 Å². The summed E-state index contributed by atoms with van der Waals surface area (Å²) in [5, 5.41) is 2.91. The standard InChI is InChI=1S/C18H29N3O2.ClH/c1-3-9-18(2,19)17(22)20-16-6-4-15(5-7-16)8-10-21-11-13-23-14-12-21;/h4-7H,3,8-14,19H2,1-2H3,(H,20,22);1H. The monoisotopic (exact) mass is 355 g/mol. The number of halogens is 1. The summed E-state index contributed by atoms with van der Waals surface area (Å²) < 4.78 is 5.36. The smallest absolute Gasteiger partial charge is 0.244 e. The number of amides is 1. The van der Waals surface area contributed by atoms with Gasteiger partial charge in [0.2, 0.25) is 5.91 Å². The van der Waals surface area contributed by atoms with Gasteiger partial charge in [-0.1, -0.05) is 25.5 Å². The number of nitrogens with zero attached hydrogens (tertiary/aromatic N) is 1. The average Bonchev–Trinajstić information content (AvgIpc) is 2.55. The SMILES string of the molecule is CCCC(C)(N)C(=O)Nc1ccc(CCN2CCOCC2)cc1.Cl. The van der Waals surface area contributed by atoms with Crippen LogP contribution in [0.25, 0.3) is 0 Å². The van der Waals surface area contributed by atoms with Crippen molar-refractivity contribution in [3.63, 3.8) is 0 Å². The number of carbonyl (C=O) groups is 1. The Labute approximate surface area is 151 Å². The second-order valence-electron chi connectivity index (χ2n) is 6.52. The number of hydrogen-bond donors (Lipinski definition) is 2. The molecule has 1 aliphatic rings. The summed E-state index contributed by atoms with van der Waals surface area (Å²) in [4.78, 5) is 14.6. The highest BCUT2D eigenvalue weighted by molar-refractivity contribution is 5.97. The largest absolute Gasteiger partial charge is 0.379 e. The molecule has 1 fully saturated rings. The predicted molar refractivity (Wildman–Crippen MR) is 101 cm³/mol. The third-order valence-corrected chi connectivity index (χ3v) is 4.32. The van der Waals surface area contributed by atoms with Gasteiger partial charge >= 0.3 is 0 Å². The first-order valence-corrected chi connectivity index (χ1v) is 8.50. The van der Waals surface area contributed by atoms with Crippen LogP contribution in [-0.2, 0) is 16.0 Å². The number of ether oxygens (including phenoxy) is 1. The fourth-order valence-corrected chi connectivity index (χ4v) is 2.77. The number of nitrogens with two attached hydrogens (primary N) is 1. The van der Waals surface area contributed by atoms with Crippen molar-refractivity contribution in [2.75, 3.05) is 38.2 Å². The van der Waals surface area contributed by atoms with Crippen molar-refractivity contribution in [2.45, 2.75) is 38.6 Å². The van der Waals surface area contributed by atoms with Crippen molar-refractivity contribution >= 4 is 24.0 Å². The molecular formula is C18H30ClN3O2. The van der Waals surface area contributed by atoms with E-state index in [0.29, 0.717) is 6.42 Å². The molecule has 6 heteroatoms. The molecule has 1 aromatic rings. The normalized spacial score (nSPS) is 17.6. The van der Waals surface area contributed by atoms with Crippen LogP contribution in [0, 0.1) is 0 Å². The van der Waals surface area contributed by atoms with Crippen LogP contribution in [0.3, 0.4) is 0 Å². The molecule has 24 heavy (non-hydrogen) atoms. The van der Waals surface area contributed by atoms with E-state index in [0.717, 1.165) is 51.4 Å². The zero-order valence-corrected chi connectivity index (χ0v) is 15.5. The molecule has 1 heterocycles. The maximum absolute atomic E-state index is 12.2. The maximum atomic E-state index is 12.2. The summed E-state index contributed by atoms with van der Waals surface area (Å²) in [6.07, 6.45) is 2.58. The van der Waals surface area contributed by atoms with Gasteiger partial charge in [-0.15, -0.1) is 12.4 Å². The van der Waals surface area contributed by atoms with E-state index in [4.69, 9.17) is 10.5 Å². The molecule has 3 N–H and O–H groups in total. The lowest BCUT2D eigenvalue weighted by Crippen LogP contribution is -2.48. The van der Waals surface area contributed by atoms with Crippen LogP contribution >= 0.6 is 12.4 Å². The van der Waals surface area contributed by atoms with Crippen LogP contribution in [0.15, 0.2) is 24.3 Å². The van der Waals surface area contributed by atoms with Crippen molar-refractivity contribution in [1.29, 1.82) is 0 Å². The second-order valence-corrected chi connectivity index (χ2v) is 6.52. The van der Waals surface area contributed by atoms with Crippen LogP contribution in [0.2, 0.25) is 0 Å². The van der Waals surface area contributed by atoms with Gasteiger partial charge in [0.25, 0.3) is 0 Å². The predicted octanol–water partition coefficient (Wildman–Crippen LogP) is 2.44. The van der Waals surface area contributed by atoms with Crippen LogP contribution in [0.1, 0.15) is 32.3 Å². The van der Waals surface area contributed by atoms with E-state index < -0.39 is 5.54 Å². The highest BCUT2D eigenvalue weighted by Gasteiger charge is 2.27. The zero-order valence-electron chi connectivity index (χ0n) is 14.7. The molecule has 0 aromatic heterocycles. The first-order chi connectivity index (χ1) is 11.0. The fraction of sp³-hybridized carbons (Fsp3) is 0.611. The van der Waals surface area contributed by atoms with E-state index in [2.05, 4.69) is 22.3 Å². The molecule has 1 saturated heterocycles. The first-order valence-electron chi connectivity index (χ1n) is 8.50. The minimum atomic E-state index is -0.816. The van der Waals surface area contributed by atoms with Gasteiger partial charge in [-0.3, -0.25) is 9.69 Å². The summed E-state index contributed by atoms with van der Waals surface area (Å²) in [7, 11) is 0. The molecule has 1 aliphatic heterocycles. The molecule has 0 saturated carbocycles. The summed E-state index contributed by atoms with van der Waals surface area (Å²) >= 11 is 0. The first kappa shape index (κ1) is 20.9. The quantitative estimate of drug-likeness (QED) is 0.788. The molecule has 1 aromatic carbocycles. The van der Waals surface area contributed by atoms with Crippen LogP contribution in [-0.4, -0.2) is 49.2 Å². The van der Waals surface area contributed by atoms with E-state index in [1.54, 1.807) is 6.92 Å². The minimum Gasteiger partial charge on any atom is -0.379 e. The molecule has 0 bridgehead atoms. The van der Waals surface area contributed by atoms with Crippen molar-refractivity contribution in [1.82, 2.24) is 4.90 Å². The van der Waals surface area contributed by atoms with Crippen molar-refractivity contribution in [2.24, 2.45) is 5.73 Å². The molecule has 5 nitrogen and oxygen atoms in total. The Balaban J connectivity index is 0.00000288. The molecule has 1 atom stereocenters. The second kappa shape index (κ2) is 9.99. The van der Waals surface area contributed by atoms with Gasteiger partial charge in [0.1, 0.15) is 0 Å². The summed E-state index contributed by atoms with van der Waals surface area (Å²) in [6.45, 7) is 8.55. The fourth-order valence-electron chi connectivity index (χ4n) is 2.77. The molecule has 0 radical (unpaired) electrons. The topological polar surface area (TPSA) is 67.6 Å². The Bertz CT molecular complexity index is 499. The molecule has 136 valence electrons. The number of anilines is 1. The van der Waals surface area contributed by atoms with Gasteiger partial charge in [-0.25, -0.2) is 0 Å².